The minimum Gasteiger partial charge on any atom is -0.293 e. The molecule has 0 aliphatic heterocycles. The molecule has 0 aliphatic rings. The average Bonchev–Trinajstić information content (AvgIpc) is 2.77. The van der Waals surface area contributed by atoms with Crippen molar-refractivity contribution in [1.82, 2.24) is 14.5 Å². The first-order valence-electron chi connectivity index (χ1n) is 6.09. The number of carbonyl (C=O) groups is 1. The molecule has 106 valence electrons. The number of halogens is 2. The molecule has 6 heteroatoms. The monoisotopic (exact) mass is 311 g/mol. The molecule has 0 bridgehead atoms. The minimum atomic E-state index is -0.461. The van der Waals surface area contributed by atoms with Gasteiger partial charge in [0.05, 0.1) is 11.0 Å². The fourth-order valence-electron chi connectivity index (χ4n) is 1.86. The van der Waals surface area contributed by atoms with Gasteiger partial charge in [-0.2, -0.15) is 0 Å². The van der Waals surface area contributed by atoms with E-state index in [2.05, 4.69) is 4.98 Å². The molecular weight excluding hydrogens is 297 g/mol. The van der Waals surface area contributed by atoms with E-state index < -0.39 is 5.54 Å². The number of hydrogen-bond acceptors (Lipinski definition) is 2. The molecule has 20 heavy (non-hydrogen) atoms. The topological polar surface area (TPSA) is 38.1 Å². The van der Waals surface area contributed by atoms with E-state index in [9.17, 15) is 4.79 Å². The maximum absolute atomic E-state index is 12.7. The molecule has 1 amide bonds. The van der Waals surface area contributed by atoms with Gasteiger partial charge in [0.25, 0.3) is 0 Å². The Morgan fingerprint density at radius 3 is 2.55 bits per heavy atom. The largest absolute Gasteiger partial charge is 0.334 e. The maximum Gasteiger partial charge on any atom is 0.334 e. The van der Waals surface area contributed by atoms with Crippen LogP contribution in [0.15, 0.2) is 41.3 Å². The van der Waals surface area contributed by atoms with Crippen LogP contribution in [0.3, 0.4) is 0 Å². The third-order valence-corrected chi connectivity index (χ3v) is 3.01. The number of benzene rings is 1. The molecule has 0 spiro atoms. The van der Waals surface area contributed by atoms with E-state index in [0.29, 0.717) is 0 Å². The lowest BCUT2D eigenvalue weighted by atomic mass is 10.1. The number of hydrogen-bond donors (Lipinski definition) is 0. The van der Waals surface area contributed by atoms with Crippen molar-refractivity contribution in [3.05, 3.63) is 41.3 Å². The van der Waals surface area contributed by atoms with Crippen molar-refractivity contribution in [2.45, 2.75) is 26.3 Å². The summed E-state index contributed by atoms with van der Waals surface area (Å²) in [7, 11) is 0. The lowest BCUT2D eigenvalue weighted by Crippen LogP contribution is -2.43. The van der Waals surface area contributed by atoms with Crippen LogP contribution in [-0.4, -0.2) is 26.0 Å². The van der Waals surface area contributed by atoms with Crippen molar-refractivity contribution in [1.29, 1.82) is 0 Å². The molecule has 0 atom stereocenters. The van der Waals surface area contributed by atoms with Crippen molar-refractivity contribution >= 4 is 40.3 Å². The van der Waals surface area contributed by atoms with Crippen LogP contribution in [-0.2, 0) is 0 Å². The number of nitrogens with zero attached hydrogens (tertiary/aromatic N) is 3. The van der Waals surface area contributed by atoms with Crippen molar-refractivity contribution in [3.63, 3.8) is 0 Å². The Morgan fingerprint density at radius 2 is 1.95 bits per heavy atom. The normalized spacial score (nSPS) is 11.4. The molecule has 0 saturated heterocycles. The van der Waals surface area contributed by atoms with Crippen LogP contribution < -0.4 is 0 Å². The summed E-state index contributed by atoms with van der Waals surface area (Å²) in [4.78, 5) is 18.4. The predicted octanol–water partition coefficient (Wildman–Crippen LogP) is 4.38. The number of imidazole rings is 1. The summed E-state index contributed by atoms with van der Waals surface area (Å²) in [6.07, 6.45) is 2.92. The van der Waals surface area contributed by atoms with E-state index in [1.807, 2.05) is 45.0 Å². The highest BCUT2D eigenvalue weighted by atomic mass is 35.5. The van der Waals surface area contributed by atoms with Gasteiger partial charge in [-0.3, -0.25) is 9.47 Å². The van der Waals surface area contributed by atoms with Crippen LogP contribution in [0.2, 0.25) is 0 Å². The van der Waals surface area contributed by atoms with Gasteiger partial charge in [-0.1, -0.05) is 35.3 Å². The Bertz CT molecular complexity index is 666. The number of amides is 1. The SMILES string of the molecule is CC(C)(C)N(C=C(Cl)Cl)C(=O)n1cnc2ccccc21. The zero-order valence-corrected chi connectivity index (χ0v) is 13.0. The van der Waals surface area contributed by atoms with E-state index in [0.717, 1.165) is 11.0 Å². The smallest absolute Gasteiger partial charge is 0.293 e. The third-order valence-electron chi connectivity index (χ3n) is 2.82. The molecule has 0 fully saturated rings. The Hall–Kier alpha value is -1.52. The average molecular weight is 312 g/mol. The molecule has 0 aliphatic carbocycles. The Kier molecular flexibility index (Phi) is 4.06. The Balaban J connectivity index is 2.50. The quantitative estimate of drug-likeness (QED) is 0.783. The zero-order chi connectivity index (χ0) is 14.9. The van der Waals surface area contributed by atoms with Crippen LogP contribution in [0, 0.1) is 0 Å². The third kappa shape index (κ3) is 2.97. The standard InChI is InChI=1S/C14H15Cl2N3O/c1-14(2,3)19(8-12(15)16)13(20)18-9-17-10-6-4-5-7-11(10)18/h4-9H,1-3H3. The van der Waals surface area contributed by atoms with Crippen LogP contribution in [0.1, 0.15) is 20.8 Å². The zero-order valence-electron chi connectivity index (χ0n) is 11.5. The molecule has 1 aromatic heterocycles. The highest BCUT2D eigenvalue weighted by molar-refractivity contribution is 6.55. The molecule has 2 aromatic rings. The summed E-state index contributed by atoms with van der Waals surface area (Å²) < 4.78 is 1.51. The first kappa shape index (κ1) is 14.9. The summed E-state index contributed by atoms with van der Waals surface area (Å²) >= 11 is 11.4. The second-order valence-electron chi connectivity index (χ2n) is 5.35. The number of fused-ring (bicyclic) bond motifs is 1. The molecule has 0 N–H and O–H groups in total. The fraction of sp³-hybridized carbons (Fsp3) is 0.286. The first-order valence-corrected chi connectivity index (χ1v) is 6.85. The predicted molar refractivity (Wildman–Crippen MR) is 81.9 cm³/mol. The van der Waals surface area contributed by atoms with E-state index in [1.165, 1.54) is 22.0 Å². The van der Waals surface area contributed by atoms with E-state index in [4.69, 9.17) is 23.2 Å². The molecule has 0 saturated carbocycles. The van der Waals surface area contributed by atoms with Gasteiger partial charge in [0.1, 0.15) is 10.8 Å². The van der Waals surface area contributed by atoms with Gasteiger partial charge < -0.3 is 0 Å². The van der Waals surface area contributed by atoms with Gasteiger partial charge in [0.15, 0.2) is 0 Å². The molecule has 1 heterocycles. The summed E-state index contributed by atoms with van der Waals surface area (Å²) in [5.74, 6) is 0. The number of aromatic nitrogens is 2. The number of para-hydroxylation sites is 2. The van der Waals surface area contributed by atoms with Gasteiger partial charge in [-0.05, 0) is 32.9 Å². The highest BCUT2D eigenvalue weighted by Gasteiger charge is 2.27. The lowest BCUT2D eigenvalue weighted by Gasteiger charge is -2.32. The lowest BCUT2D eigenvalue weighted by molar-refractivity contribution is 0.181. The summed E-state index contributed by atoms with van der Waals surface area (Å²) in [6.45, 7) is 5.70. The summed E-state index contributed by atoms with van der Waals surface area (Å²) in [5, 5.41) is 0. The van der Waals surface area contributed by atoms with Gasteiger partial charge in [0, 0.05) is 11.7 Å². The first-order chi connectivity index (χ1) is 9.30. The maximum atomic E-state index is 12.7. The summed E-state index contributed by atoms with van der Waals surface area (Å²) in [5.41, 5.74) is 1.04. The fourth-order valence-corrected chi connectivity index (χ4v) is 2.06. The van der Waals surface area contributed by atoms with Crippen molar-refractivity contribution in [2.75, 3.05) is 0 Å². The second-order valence-corrected chi connectivity index (χ2v) is 6.35. The molecular formula is C14H15Cl2N3O. The second kappa shape index (κ2) is 5.46. The Labute approximate surface area is 127 Å². The van der Waals surface area contributed by atoms with Crippen LogP contribution >= 0.6 is 23.2 Å². The number of rotatable bonds is 1. The van der Waals surface area contributed by atoms with Gasteiger partial charge in [-0.15, -0.1) is 0 Å². The molecule has 4 nitrogen and oxygen atoms in total. The van der Waals surface area contributed by atoms with Crippen molar-refractivity contribution < 1.29 is 4.79 Å². The van der Waals surface area contributed by atoms with Gasteiger partial charge in [0.2, 0.25) is 0 Å². The summed E-state index contributed by atoms with van der Waals surface area (Å²) in [6, 6.07) is 7.17. The molecule has 0 unspecified atom stereocenters. The van der Waals surface area contributed by atoms with Crippen molar-refractivity contribution in [3.8, 4) is 0 Å². The van der Waals surface area contributed by atoms with Crippen LogP contribution in [0.4, 0.5) is 4.79 Å². The molecule has 1 aromatic carbocycles. The molecule has 0 radical (unpaired) electrons. The van der Waals surface area contributed by atoms with Crippen molar-refractivity contribution in [2.24, 2.45) is 0 Å². The van der Waals surface area contributed by atoms with Gasteiger partial charge in [-0.25, -0.2) is 9.78 Å². The number of carbonyl (C=O) groups excluding carboxylic acids is 1. The van der Waals surface area contributed by atoms with Crippen LogP contribution in [0.25, 0.3) is 11.0 Å². The van der Waals surface area contributed by atoms with E-state index >= 15 is 0 Å². The molecule has 2 rings (SSSR count). The van der Waals surface area contributed by atoms with Gasteiger partial charge >= 0.3 is 6.03 Å². The minimum absolute atomic E-state index is 0.0256. The van der Waals surface area contributed by atoms with E-state index in [1.54, 1.807) is 0 Å². The highest BCUT2D eigenvalue weighted by Crippen LogP contribution is 2.22. The van der Waals surface area contributed by atoms with Crippen LogP contribution in [0.5, 0.6) is 0 Å². The van der Waals surface area contributed by atoms with E-state index in [-0.39, 0.29) is 10.5 Å². The Morgan fingerprint density at radius 1 is 1.30 bits per heavy atom.